The summed E-state index contributed by atoms with van der Waals surface area (Å²) < 4.78 is 0. The molecule has 0 saturated carbocycles. The lowest BCUT2D eigenvalue weighted by molar-refractivity contribution is -0.121. The lowest BCUT2D eigenvalue weighted by Gasteiger charge is -2.15. The van der Waals surface area contributed by atoms with Crippen molar-refractivity contribution < 1.29 is 4.79 Å². The van der Waals surface area contributed by atoms with E-state index in [0.29, 0.717) is 13.0 Å². The molecule has 2 N–H and O–H groups in total. The molecule has 0 aliphatic carbocycles. The lowest BCUT2D eigenvalue weighted by Crippen LogP contribution is -2.34. The molecule has 0 rings (SSSR count). The van der Waals surface area contributed by atoms with Gasteiger partial charge in [0.1, 0.15) is 0 Å². The summed E-state index contributed by atoms with van der Waals surface area (Å²) in [4.78, 5) is 11.5. The quantitative estimate of drug-likeness (QED) is 0.619. The number of carbonyl (C=O) groups is 1. The van der Waals surface area contributed by atoms with E-state index in [0.717, 1.165) is 25.8 Å². The van der Waals surface area contributed by atoms with Crippen LogP contribution >= 0.6 is 0 Å². The van der Waals surface area contributed by atoms with Crippen molar-refractivity contribution in [3.8, 4) is 6.07 Å². The molecule has 0 saturated heterocycles. The summed E-state index contributed by atoms with van der Waals surface area (Å²) in [5, 5.41) is 15.0. The van der Waals surface area contributed by atoms with Crippen LogP contribution in [0.4, 0.5) is 0 Å². The zero-order valence-electron chi connectivity index (χ0n) is 12.2. The van der Waals surface area contributed by atoms with Crippen LogP contribution < -0.4 is 10.6 Å². The maximum absolute atomic E-state index is 11.5. The highest BCUT2D eigenvalue weighted by atomic mass is 16.1. The third-order valence-corrected chi connectivity index (χ3v) is 3.01. The maximum Gasteiger partial charge on any atom is 0.221 e. The van der Waals surface area contributed by atoms with Crippen LogP contribution in [-0.4, -0.2) is 25.0 Å². The molecule has 104 valence electrons. The van der Waals surface area contributed by atoms with Crippen molar-refractivity contribution in [2.24, 2.45) is 5.41 Å². The van der Waals surface area contributed by atoms with Gasteiger partial charge in [-0.2, -0.15) is 5.26 Å². The molecule has 0 heterocycles. The van der Waals surface area contributed by atoms with Gasteiger partial charge in [0, 0.05) is 19.0 Å². The number of amides is 1. The van der Waals surface area contributed by atoms with Gasteiger partial charge in [-0.3, -0.25) is 4.79 Å². The van der Waals surface area contributed by atoms with Crippen LogP contribution in [0.15, 0.2) is 0 Å². The molecule has 0 fully saturated rings. The first-order valence-electron chi connectivity index (χ1n) is 6.82. The first-order chi connectivity index (χ1) is 8.41. The van der Waals surface area contributed by atoms with E-state index in [1.165, 1.54) is 0 Å². The summed E-state index contributed by atoms with van der Waals surface area (Å²) in [5.74, 6) is 0.106. The number of nitrogens with zero attached hydrogens (tertiary/aromatic N) is 1. The van der Waals surface area contributed by atoms with Gasteiger partial charge in [-0.25, -0.2) is 0 Å². The second kappa shape index (κ2) is 8.93. The standard InChI is InChI=1S/C14H27N3O/c1-5-12(2)17-13(18)7-10-16-9-6-8-14(3,4)11-15/h12,16H,5-10H2,1-4H3,(H,17,18). The van der Waals surface area contributed by atoms with Crippen LogP contribution in [0.1, 0.15) is 53.4 Å². The van der Waals surface area contributed by atoms with E-state index >= 15 is 0 Å². The van der Waals surface area contributed by atoms with E-state index in [2.05, 4.69) is 23.6 Å². The van der Waals surface area contributed by atoms with E-state index < -0.39 is 0 Å². The fourth-order valence-corrected chi connectivity index (χ4v) is 1.49. The highest BCUT2D eigenvalue weighted by molar-refractivity contribution is 5.76. The molecule has 0 radical (unpaired) electrons. The highest BCUT2D eigenvalue weighted by Crippen LogP contribution is 2.19. The summed E-state index contributed by atoms with van der Waals surface area (Å²) in [6.45, 7) is 9.53. The largest absolute Gasteiger partial charge is 0.354 e. The second-order valence-electron chi connectivity index (χ2n) is 5.48. The average molecular weight is 253 g/mol. The minimum absolute atomic E-state index is 0.106. The zero-order chi connectivity index (χ0) is 14.0. The van der Waals surface area contributed by atoms with Gasteiger partial charge in [-0.15, -0.1) is 0 Å². The summed E-state index contributed by atoms with van der Waals surface area (Å²) in [7, 11) is 0. The Morgan fingerprint density at radius 2 is 2.06 bits per heavy atom. The summed E-state index contributed by atoms with van der Waals surface area (Å²) in [6.07, 6.45) is 3.33. The minimum atomic E-state index is -0.240. The van der Waals surface area contributed by atoms with E-state index in [1.54, 1.807) is 0 Å². The average Bonchev–Trinajstić information content (AvgIpc) is 2.33. The van der Waals surface area contributed by atoms with Crippen molar-refractivity contribution in [3.05, 3.63) is 0 Å². The lowest BCUT2D eigenvalue weighted by atomic mass is 9.90. The van der Waals surface area contributed by atoms with Crippen molar-refractivity contribution >= 4 is 5.91 Å². The van der Waals surface area contributed by atoms with Crippen LogP contribution in [-0.2, 0) is 4.79 Å². The monoisotopic (exact) mass is 253 g/mol. The zero-order valence-corrected chi connectivity index (χ0v) is 12.2. The molecule has 18 heavy (non-hydrogen) atoms. The predicted molar refractivity (Wildman–Crippen MR) is 74.0 cm³/mol. The molecular formula is C14H27N3O. The molecule has 0 aliphatic rings. The number of hydrogen-bond acceptors (Lipinski definition) is 3. The molecule has 1 atom stereocenters. The Kier molecular flexibility index (Phi) is 8.40. The maximum atomic E-state index is 11.5. The van der Waals surface area contributed by atoms with Crippen molar-refractivity contribution in [2.45, 2.75) is 59.4 Å². The molecule has 4 nitrogen and oxygen atoms in total. The smallest absolute Gasteiger partial charge is 0.221 e. The molecule has 0 aromatic carbocycles. The van der Waals surface area contributed by atoms with Gasteiger partial charge in [-0.1, -0.05) is 6.92 Å². The minimum Gasteiger partial charge on any atom is -0.354 e. The van der Waals surface area contributed by atoms with E-state index in [-0.39, 0.29) is 17.4 Å². The van der Waals surface area contributed by atoms with E-state index in [9.17, 15) is 4.79 Å². The second-order valence-corrected chi connectivity index (χ2v) is 5.48. The van der Waals surface area contributed by atoms with Gasteiger partial charge >= 0.3 is 0 Å². The summed E-state index contributed by atoms with van der Waals surface area (Å²) in [6, 6.07) is 2.54. The molecule has 0 aromatic heterocycles. The predicted octanol–water partition coefficient (Wildman–Crippen LogP) is 2.21. The Hall–Kier alpha value is -1.08. The SMILES string of the molecule is CCC(C)NC(=O)CCNCCCC(C)(C)C#N. The van der Waals surface area contributed by atoms with Crippen LogP contribution in [0.25, 0.3) is 0 Å². The normalized spacial score (nSPS) is 12.8. The van der Waals surface area contributed by atoms with Crippen LogP contribution in [0.5, 0.6) is 0 Å². The fraction of sp³-hybridized carbons (Fsp3) is 0.857. The molecule has 1 unspecified atom stereocenters. The van der Waals surface area contributed by atoms with Gasteiger partial charge in [0.05, 0.1) is 11.5 Å². The van der Waals surface area contributed by atoms with E-state index in [1.807, 2.05) is 20.8 Å². The van der Waals surface area contributed by atoms with E-state index in [4.69, 9.17) is 5.26 Å². The third-order valence-electron chi connectivity index (χ3n) is 3.01. The number of hydrogen-bond donors (Lipinski definition) is 2. The Morgan fingerprint density at radius 1 is 1.39 bits per heavy atom. The van der Waals surface area contributed by atoms with Crippen LogP contribution in [0, 0.1) is 16.7 Å². The topological polar surface area (TPSA) is 64.9 Å². The van der Waals surface area contributed by atoms with Gasteiger partial charge < -0.3 is 10.6 Å². The first-order valence-corrected chi connectivity index (χ1v) is 6.82. The Bertz CT molecular complexity index is 281. The molecule has 0 spiro atoms. The third kappa shape index (κ3) is 9.00. The van der Waals surface area contributed by atoms with Gasteiger partial charge in [0.2, 0.25) is 5.91 Å². The van der Waals surface area contributed by atoms with Crippen molar-refractivity contribution in [3.63, 3.8) is 0 Å². The fourth-order valence-electron chi connectivity index (χ4n) is 1.49. The molecule has 0 aliphatic heterocycles. The molecule has 1 amide bonds. The summed E-state index contributed by atoms with van der Waals surface area (Å²) in [5.41, 5.74) is -0.240. The van der Waals surface area contributed by atoms with Gasteiger partial charge in [-0.05, 0) is 46.6 Å². The highest BCUT2D eigenvalue weighted by Gasteiger charge is 2.15. The van der Waals surface area contributed by atoms with Crippen molar-refractivity contribution in [1.82, 2.24) is 10.6 Å². The van der Waals surface area contributed by atoms with Crippen LogP contribution in [0.3, 0.4) is 0 Å². The first kappa shape index (κ1) is 16.9. The van der Waals surface area contributed by atoms with Gasteiger partial charge in [0.15, 0.2) is 0 Å². The number of carbonyl (C=O) groups excluding carboxylic acids is 1. The van der Waals surface area contributed by atoms with Crippen molar-refractivity contribution in [2.75, 3.05) is 13.1 Å². The Balaban J connectivity index is 3.47. The summed E-state index contributed by atoms with van der Waals surface area (Å²) >= 11 is 0. The Labute approximate surface area is 111 Å². The molecular weight excluding hydrogens is 226 g/mol. The number of nitrogens with one attached hydrogen (secondary N) is 2. The van der Waals surface area contributed by atoms with Crippen molar-refractivity contribution in [1.29, 1.82) is 5.26 Å². The number of nitriles is 1. The molecule has 4 heteroatoms. The molecule has 0 aromatic rings. The number of rotatable bonds is 9. The van der Waals surface area contributed by atoms with Crippen LogP contribution in [0.2, 0.25) is 0 Å². The Morgan fingerprint density at radius 3 is 2.61 bits per heavy atom. The van der Waals surface area contributed by atoms with Gasteiger partial charge in [0.25, 0.3) is 0 Å². The molecule has 0 bridgehead atoms.